The van der Waals surface area contributed by atoms with Crippen molar-refractivity contribution in [3.8, 4) is 0 Å². The average molecular weight is 276 g/mol. The first-order valence-electron chi connectivity index (χ1n) is 7.12. The molecule has 4 nitrogen and oxygen atoms in total. The Labute approximate surface area is 121 Å². The van der Waals surface area contributed by atoms with Gasteiger partial charge in [0.1, 0.15) is 6.04 Å². The first-order chi connectivity index (χ1) is 9.50. The lowest BCUT2D eigenvalue weighted by Crippen LogP contribution is -2.46. The molecule has 1 aromatic carbocycles. The Morgan fingerprint density at radius 1 is 1.05 bits per heavy atom. The molecule has 0 aromatic heterocycles. The van der Waals surface area contributed by atoms with Crippen molar-refractivity contribution in [2.75, 3.05) is 6.54 Å². The minimum Gasteiger partial charge on any atom is -0.354 e. The number of rotatable bonds is 7. The molecule has 0 fully saturated rings. The summed E-state index contributed by atoms with van der Waals surface area (Å²) in [5.41, 5.74) is 1.27. The van der Waals surface area contributed by atoms with E-state index < -0.39 is 6.04 Å². The Morgan fingerprint density at radius 3 is 2.30 bits per heavy atom. The van der Waals surface area contributed by atoms with Gasteiger partial charge >= 0.3 is 0 Å². The predicted octanol–water partition coefficient (Wildman–Crippen LogP) is 1.90. The van der Waals surface area contributed by atoms with Crippen molar-refractivity contribution < 1.29 is 9.59 Å². The molecular weight excluding hydrogens is 252 g/mol. The molecule has 0 aliphatic carbocycles. The van der Waals surface area contributed by atoms with E-state index in [9.17, 15) is 9.59 Å². The van der Waals surface area contributed by atoms with Crippen LogP contribution in [0.4, 0.5) is 0 Å². The van der Waals surface area contributed by atoms with Crippen molar-refractivity contribution in [3.05, 3.63) is 35.9 Å². The third kappa shape index (κ3) is 5.87. The maximum atomic E-state index is 11.8. The third-order valence-electron chi connectivity index (χ3n) is 3.06. The number of carbonyl (C=O) groups is 2. The van der Waals surface area contributed by atoms with Gasteiger partial charge in [-0.1, -0.05) is 44.2 Å². The van der Waals surface area contributed by atoms with E-state index in [1.165, 1.54) is 5.56 Å². The predicted molar refractivity (Wildman–Crippen MR) is 80.2 cm³/mol. The van der Waals surface area contributed by atoms with E-state index in [4.69, 9.17) is 0 Å². The number of hydrogen-bond acceptors (Lipinski definition) is 2. The highest BCUT2D eigenvalue weighted by Gasteiger charge is 2.16. The minimum atomic E-state index is -0.485. The van der Waals surface area contributed by atoms with E-state index in [1.54, 1.807) is 20.8 Å². The van der Waals surface area contributed by atoms with Crippen LogP contribution < -0.4 is 10.6 Å². The molecule has 0 spiro atoms. The molecule has 1 aromatic rings. The van der Waals surface area contributed by atoms with Gasteiger partial charge in [-0.2, -0.15) is 0 Å². The van der Waals surface area contributed by atoms with Crippen LogP contribution in [0.15, 0.2) is 30.3 Å². The van der Waals surface area contributed by atoms with Gasteiger partial charge in [0.2, 0.25) is 11.8 Å². The monoisotopic (exact) mass is 276 g/mol. The summed E-state index contributed by atoms with van der Waals surface area (Å²) >= 11 is 0. The van der Waals surface area contributed by atoms with Crippen LogP contribution in [0, 0.1) is 5.92 Å². The maximum Gasteiger partial charge on any atom is 0.242 e. The molecule has 2 amide bonds. The second-order valence-electron chi connectivity index (χ2n) is 5.27. The molecule has 0 aliphatic heterocycles. The lowest BCUT2D eigenvalue weighted by atomic mass is 10.1. The van der Waals surface area contributed by atoms with Gasteiger partial charge in [0.15, 0.2) is 0 Å². The lowest BCUT2D eigenvalue weighted by molar-refractivity contribution is -0.130. The molecule has 2 N–H and O–H groups in total. The molecular formula is C16H24N2O2. The number of aryl methyl sites for hydroxylation is 1. The van der Waals surface area contributed by atoms with Crippen LogP contribution in [0.25, 0.3) is 0 Å². The standard InChI is InChI=1S/C16H24N2O2/c1-12(2)15(19)18-13(3)16(20)17-11-7-10-14-8-5-4-6-9-14/h4-6,8-9,12-13H,7,10-11H2,1-3H3,(H,17,20)(H,18,19). The fraction of sp³-hybridized carbons (Fsp3) is 0.500. The van der Waals surface area contributed by atoms with Crippen LogP contribution >= 0.6 is 0 Å². The number of benzene rings is 1. The average Bonchev–Trinajstić information content (AvgIpc) is 2.44. The van der Waals surface area contributed by atoms with Crippen LogP contribution in [-0.4, -0.2) is 24.4 Å². The van der Waals surface area contributed by atoms with Gasteiger partial charge in [0.05, 0.1) is 0 Å². The van der Waals surface area contributed by atoms with Crippen LogP contribution in [-0.2, 0) is 16.0 Å². The SMILES string of the molecule is CC(C)C(=O)NC(C)C(=O)NCCCc1ccccc1. The van der Waals surface area contributed by atoms with Crippen molar-refractivity contribution in [3.63, 3.8) is 0 Å². The molecule has 1 atom stereocenters. The van der Waals surface area contributed by atoms with Crippen LogP contribution in [0.5, 0.6) is 0 Å². The molecule has 110 valence electrons. The third-order valence-corrected chi connectivity index (χ3v) is 3.06. The van der Waals surface area contributed by atoms with Crippen molar-refractivity contribution in [1.82, 2.24) is 10.6 Å². The van der Waals surface area contributed by atoms with Crippen LogP contribution in [0.2, 0.25) is 0 Å². The zero-order valence-corrected chi connectivity index (χ0v) is 12.5. The van der Waals surface area contributed by atoms with E-state index in [1.807, 2.05) is 18.2 Å². The van der Waals surface area contributed by atoms with Crippen molar-refractivity contribution >= 4 is 11.8 Å². The molecule has 1 rings (SSSR count). The first-order valence-corrected chi connectivity index (χ1v) is 7.12. The van der Waals surface area contributed by atoms with Gasteiger partial charge in [0.25, 0.3) is 0 Å². The molecule has 4 heteroatoms. The summed E-state index contributed by atoms with van der Waals surface area (Å²) < 4.78 is 0. The number of carbonyl (C=O) groups excluding carboxylic acids is 2. The van der Waals surface area contributed by atoms with E-state index in [2.05, 4.69) is 22.8 Å². The molecule has 0 radical (unpaired) electrons. The summed E-state index contributed by atoms with van der Waals surface area (Å²) in [7, 11) is 0. The molecule has 0 heterocycles. The molecule has 1 unspecified atom stereocenters. The Balaban J connectivity index is 2.21. The largest absolute Gasteiger partial charge is 0.354 e. The van der Waals surface area contributed by atoms with Gasteiger partial charge < -0.3 is 10.6 Å². The van der Waals surface area contributed by atoms with Gasteiger partial charge in [-0.3, -0.25) is 9.59 Å². The van der Waals surface area contributed by atoms with Gasteiger partial charge in [-0.25, -0.2) is 0 Å². The van der Waals surface area contributed by atoms with Crippen molar-refractivity contribution in [2.24, 2.45) is 5.92 Å². The summed E-state index contributed by atoms with van der Waals surface area (Å²) in [6, 6.07) is 9.68. The Morgan fingerprint density at radius 2 is 1.70 bits per heavy atom. The second-order valence-corrected chi connectivity index (χ2v) is 5.27. The molecule has 20 heavy (non-hydrogen) atoms. The minimum absolute atomic E-state index is 0.100. The summed E-state index contributed by atoms with van der Waals surface area (Å²) in [5, 5.41) is 5.53. The smallest absolute Gasteiger partial charge is 0.242 e. The van der Waals surface area contributed by atoms with Gasteiger partial charge in [-0.15, -0.1) is 0 Å². The molecule has 0 aliphatic rings. The maximum absolute atomic E-state index is 11.8. The van der Waals surface area contributed by atoms with Crippen LogP contribution in [0.1, 0.15) is 32.8 Å². The quantitative estimate of drug-likeness (QED) is 0.747. The van der Waals surface area contributed by atoms with E-state index in [-0.39, 0.29) is 17.7 Å². The van der Waals surface area contributed by atoms with Crippen molar-refractivity contribution in [2.45, 2.75) is 39.7 Å². The van der Waals surface area contributed by atoms with E-state index >= 15 is 0 Å². The Kier molecular flexibility index (Phi) is 6.77. The molecule has 0 saturated carbocycles. The highest BCUT2D eigenvalue weighted by Crippen LogP contribution is 2.01. The fourth-order valence-corrected chi connectivity index (χ4v) is 1.75. The number of hydrogen-bond donors (Lipinski definition) is 2. The highest BCUT2D eigenvalue weighted by atomic mass is 16.2. The normalized spacial score (nSPS) is 12.0. The first kappa shape index (κ1) is 16.2. The zero-order valence-electron chi connectivity index (χ0n) is 12.5. The Hall–Kier alpha value is -1.84. The second kappa shape index (κ2) is 8.35. The van der Waals surface area contributed by atoms with E-state index in [0.717, 1.165) is 12.8 Å². The highest BCUT2D eigenvalue weighted by molar-refractivity contribution is 5.87. The number of amides is 2. The molecule has 0 saturated heterocycles. The lowest BCUT2D eigenvalue weighted by Gasteiger charge is -2.15. The number of nitrogens with one attached hydrogen (secondary N) is 2. The van der Waals surface area contributed by atoms with E-state index in [0.29, 0.717) is 6.54 Å². The van der Waals surface area contributed by atoms with Crippen LogP contribution in [0.3, 0.4) is 0 Å². The summed E-state index contributed by atoms with van der Waals surface area (Å²) in [6.45, 7) is 5.93. The summed E-state index contributed by atoms with van der Waals surface area (Å²) in [5.74, 6) is -0.340. The zero-order chi connectivity index (χ0) is 15.0. The van der Waals surface area contributed by atoms with Gasteiger partial charge in [-0.05, 0) is 25.3 Å². The fourth-order valence-electron chi connectivity index (χ4n) is 1.75. The van der Waals surface area contributed by atoms with Crippen molar-refractivity contribution in [1.29, 1.82) is 0 Å². The topological polar surface area (TPSA) is 58.2 Å². The van der Waals surface area contributed by atoms with Gasteiger partial charge in [0, 0.05) is 12.5 Å². The summed E-state index contributed by atoms with van der Waals surface area (Å²) in [6.07, 6.45) is 1.83. The summed E-state index contributed by atoms with van der Waals surface area (Å²) in [4.78, 5) is 23.3. The molecule has 0 bridgehead atoms. The Bertz CT molecular complexity index is 429.